The molecule has 0 bridgehead atoms. The lowest BCUT2D eigenvalue weighted by Gasteiger charge is -2.18. The molecule has 0 aliphatic heterocycles. The van der Waals surface area contributed by atoms with Crippen LogP contribution in [0.4, 0.5) is 8.78 Å². The van der Waals surface area contributed by atoms with Crippen molar-refractivity contribution in [3.05, 3.63) is 42.5 Å². The maximum atomic E-state index is 13.5. The second-order valence-corrected chi connectivity index (χ2v) is 6.84. The van der Waals surface area contributed by atoms with E-state index < -0.39 is 22.6 Å². The molecule has 3 rings (SSSR count). The molecule has 134 valence electrons. The minimum atomic E-state index is -0.990. The van der Waals surface area contributed by atoms with Gasteiger partial charge in [0.2, 0.25) is 5.82 Å². The van der Waals surface area contributed by atoms with Gasteiger partial charge in [0, 0.05) is 0 Å². The fraction of sp³-hybridized carbons (Fsp3) is 0.471. The smallest absolute Gasteiger partial charge is 0.200 e. The fourth-order valence-corrected chi connectivity index (χ4v) is 2.85. The molecule has 8 heteroatoms. The van der Waals surface area contributed by atoms with E-state index in [4.69, 9.17) is 16.3 Å². The molecule has 1 aromatic carbocycles. The van der Waals surface area contributed by atoms with Crippen LogP contribution in [0.5, 0.6) is 5.75 Å². The van der Waals surface area contributed by atoms with Gasteiger partial charge in [-0.05, 0) is 44.2 Å². The van der Waals surface area contributed by atoms with Crippen LogP contribution in [0.25, 0.3) is 0 Å². The number of alkyl halides is 1. The van der Waals surface area contributed by atoms with Gasteiger partial charge in [-0.2, -0.15) is 9.49 Å². The Balaban J connectivity index is 1.50. The first kappa shape index (κ1) is 17.8. The third-order valence-corrected chi connectivity index (χ3v) is 4.80. The van der Waals surface area contributed by atoms with Gasteiger partial charge >= 0.3 is 0 Å². The molecule has 1 saturated carbocycles. The van der Waals surface area contributed by atoms with Gasteiger partial charge in [-0.25, -0.2) is 14.1 Å². The highest BCUT2D eigenvalue weighted by atomic mass is 35.5. The van der Waals surface area contributed by atoms with Crippen LogP contribution in [0.1, 0.15) is 38.1 Å². The highest BCUT2D eigenvalue weighted by molar-refractivity contribution is 6.38. The Morgan fingerprint density at radius 2 is 2.16 bits per heavy atom. The first-order valence-electron chi connectivity index (χ1n) is 8.15. The third kappa shape index (κ3) is 4.15. The molecule has 1 fully saturated rings. The first-order chi connectivity index (χ1) is 12.0. The lowest BCUT2D eigenvalue weighted by Crippen LogP contribution is -2.29. The van der Waals surface area contributed by atoms with Crippen molar-refractivity contribution in [1.82, 2.24) is 14.8 Å². The van der Waals surface area contributed by atoms with Crippen LogP contribution >= 0.6 is 11.6 Å². The number of rotatable bonds is 9. The molecule has 0 amide bonds. The van der Waals surface area contributed by atoms with E-state index in [2.05, 4.69) is 10.1 Å². The number of hydrogen-bond acceptors (Lipinski definition) is 4. The van der Waals surface area contributed by atoms with Crippen LogP contribution in [0.2, 0.25) is 0 Å². The average Bonchev–Trinajstić information content (AvgIpc) is 3.13. The maximum absolute atomic E-state index is 13.5. The van der Waals surface area contributed by atoms with Crippen LogP contribution < -0.4 is 4.74 Å². The van der Waals surface area contributed by atoms with E-state index in [9.17, 15) is 13.6 Å². The molecular formula is C17H18ClF2N3O2. The van der Waals surface area contributed by atoms with E-state index in [1.54, 1.807) is 0 Å². The number of halogens is 3. The van der Waals surface area contributed by atoms with Crippen molar-refractivity contribution in [2.24, 2.45) is 0 Å². The number of Topliss-reactive ketones (excluding diaryl/α,β-unsaturated/α-hetero) is 1. The molecule has 0 radical (unpaired) electrons. The zero-order valence-electron chi connectivity index (χ0n) is 13.5. The number of carbonyl (C=O) groups is 1. The SMILES string of the molecule is O=C(C(CCCCOc1cccc(F)c1F)n1cncn1)C1(Cl)CC1. The number of carbonyl (C=O) groups excluding carboxylic acids is 1. The van der Waals surface area contributed by atoms with E-state index in [0.717, 1.165) is 6.07 Å². The van der Waals surface area contributed by atoms with Crippen LogP contribution in [-0.4, -0.2) is 32.0 Å². The fourth-order valence-electron chi connectivity index (χ4n) is 2.63. The predicted molar refractivity (Wildman–Crippen MR) is 87.6 cm³/mol. The molecule has 2 aromatic rings. The van der Waals surface area contributed by atoms with Gasteiger partial charge in [-0.15, -0.1) is 11.6 Å². The Morgan fingerprint density at radius 1 is 1.36 bits per heavy atom. The molecular weight excluding hydrogens is 352 g/mol. The summed E-state index contributed by atoms with van der Waals surface area (Å²) in [6.45, 7) is 0.227. The molecule has 5 nitrogen and oxygen atoms in total. The predicted octanol–water partition coefficient (Wildman–Crippen LogP) is 3.69. The first-order valence-corrected chi connectivity index (χ1v) is 8.53. The Bertz CT molecular complexity index is 735. The largest absolute Gasteiger partial charge is 0.490 e. The van der Waals surface area contributed by atoms with Crippen LogP contribution in [-0.2, 0) is 4.79 Å². The van der Waals surface area contributed by atoms with Gasteiger partial charge < -0.3 is 4.74 Å². The molecule has 1 aromatic heterocycles. The van der Waals surface area contributed by atoms with Crippen molar-refractivity contribution in [2.45, 2.75) is 43.0 Å². The molecule has 1 aliphatic carbocycles. The molecule has 1 heterocycles. The van der Waals surface area contributed by atoms with E-state index in [1.807, 2.05) is 0 Å². The second-order valence-electron chi connectivity index (χ2n) is 6.12. The summed E-state index contributed by atoms with van der Waals surface area (Å²) in [7, 11) is 0. The highest BCUT2D eigenvalue weighted by Gasteiger charge is 2.50. The Labute approximate surface area is 149 Å². The van der Waals surface area contributed by atoms with Crippen molar-refractivity contribution < 1.29 is 18.3 Å². The maximum Gasteiger partial charge on any atom is 0.200 e. The zero-order chi connectivity index (χ0) is 17.9. The molecule has 25 heavy (non-hydrogen) atoms. The normalized spacial score (nSPS) is 16.4. The molecule has 0 saturated heterocycles. The number of hydrogen-bond donors (Lipinski definition) is 0. The molecule has 1 aliphatic rings. The van der Waals surface area contributed by atoms with Crippen molar-refractivity contribution in [3.63, 3.8) is 0 Å². The quantitative estimate of drug-likeness (QED) is 0.499. The van der Waals surface area contributed by atoms with Gasteiger partial charge in [-0.3, -0.25) is 4.79 Å². The van der Waals surface area contributed by atoms with Crippen molar-refractivity contribution in [3.8, 4) is 5.75 Å². The summed E-state index contributed by atoms with van der Waals surface area (Å²) in [5.74, 6) is -2.08. The van der Waals surface area contributed by atoms with Gasteiger partial charge in [-0.1, -0.05) is 6.07 Å². The lowest BCUT2D eigenvalue weighted by atomic mass is 10.0. The van der Waals surface area contributed by atoms with Crippen molar-refractivity contribution in [2.75, 3.05) is 6.61 Å². The monoisotopic (exact) mass is 369 g/mol. The van der Waals surface area contributed by atoms with Crippen molar-refractivity contribution >= 4 is 17.4 Å². The summed E-state index contributed by atoms with van der Waals surface area (Å²) in [6, 6.07) is 3.34. The number of aromatic nitrogens is 3. The van der Waals surface area contributed by atoms with Gasteiger partial charge in [0.05, 0.1) is 6.61 Å². The van der Waals surface area contributed by atoms with Gasteiger partial charge in [0.1, 0.15) is 23.6 Å². The zero-order valence-corrected chi connectivity index (χ0v) is 14.3. The summed E-state index contributed by atoms with van der Waals surface area (Å²) in [4.78, 5) is 15.7. The van der Waals surface area contributed by atoms with E-state index in [-0.39, 0.29) is 18.1 Å². The summed E-state index contributed by atoms with van der Waals surface area (Å²) in [5.41, 5.74) is 0. The lowest BCUT2D eigenvalue weighted by molar-refractivity contribution is -0.123. The van der Waals surface area contributed by atoms with Crippen LogP contribution in [0, 0.1) is 11.6 Å². The van der Waals surface area contributed by atoms with Crippen LogP contribution in [0.3, 0.4) is 0 Å². The minimum absolute atomic E-state index is 0.0447. The number of ketones is 1. The van der Waals surface area contributed by atoms with E-state index >= 15 is 0 Å². The van der Waals surface area contributed by atoms with E-state index in [0.29, 0.717) is 32.1 Å². The second kappa shape index (κ2) is 7.47. The highest BCUT2D eigenvalue weighted by Crippen LogP contribution is 2.46. The van der Waals surface area contributed by atoms with Crippen molar-refractivity contribution in [1.29, 1.82) is 0 Å². The standard InChI is InChI=1S/C17H18ClF2N3O2/c18-17(7-8-17)16(24)13(23-11-21-10-22-23)5-1-2-9-25-14-6-3-4-12(19)15(14)20/h3-4,6,10-11,13H,1-2,5,7-9H2. The summed E-state index contributed by atoms with van der Waals surface area (Å²) in [6.07, 6.45) is 6.02. The minimum Gasteiger partial charge on any atom is -0.490 e. The molecule has 1 atom stereocenters. The molecule has 0 spiro atoms. The number of ether oxygens (including phenoxy) is 1. The number of benzene rings is 1. The Kier molecular flexibility index (Phi) is 5.32. The summed E-state index contributed by atoms with van der Waals surface area (Å²) < 4.78 is 33.4. The summed E-state index contributed by atoms with van der Waals surface area (Å²) >= 11 is 6.25. The topological polar surface area (TPSA) is 57.0 Å². The Morgan fingerprint density at radius 3 is 2.84 bits per heavy atom. The van der Waals surface area contributed by atoms with Gasteiger partial charge in [0.25, 0.3) is 0 Å². The molecule has 1 unspecified atom stereocenters. The van der Waals surface area contributed by atoms with Gasteiger partial charge in [0.15, 0.2) is 17.3 Å². The third-order valence-electron chi connectivity index (χ3n) is 4.23. The summed E-state index contributed by atoms with van der Waals surface area (Å²) in [5, 5.41) is 4.05. The van der Waals surface area contributed by atoms with E-state index in [1.165, 1.54) is 29.5 Å². The van der Waals surface area contributed by atoms with Crippen LogP contribution in [0.15, 0.2) is 30.9 Å². The Hall–Kier alpha value is -2.02. The molecule has 0 N–H and O–H groups in total. The number of unbranched alkanes of at least 4 members (excludes halogenated alkanes) is 1. The average molecular weight is 370 g/mol. The number of nitrogens with zero attached hydrogens (tertiary/aromatic N) is 3.